The molecule has 3 nitrogen and oxygen atoms in total. The van der Waals surface area contributed by atoms with Crippen molar-refractivity contribution in [1.29, 1.82) is 0 Å². The first-order chi connectivity index (χ1) is 9.22. The van der Waals surface area contributed by atoms with Crippen molar-refractivity contribution in [1.82, 2.24) is 4.90 Å². The molecule has 1 saturated carbocycles. The fourth-order valence-electron chi connectivity index (χ4n) is 2.85. The first-order valence-corrected chi connectivity index (χ1v) is 7.55. The summed E-state index contributed by atoms with van der Waals surface area (Å²) in [6.07, 6.45) is 3.44. The second-order valence-corrected chi connectivity index (χ2v) is 5.53. The van der Waals surface area contributed by atoms with Crippen LogP contribution >= 0.6 is 0 Å². The number of anilines is 1. The predicted molar refractivity (Wildman–Crippen MR) is 82.3 cm³/mol. The van der Waals surface area contributed by atoms with Gasteiger partial charge in [-0.1, -0.05) is 32.0 Å². The molecule has 1 aliphatic rings. The highest BCUT2D eigenvalue weighted by Crippen LogP contribution is 2.24. The summed E-state index contributed by atoms with van der Waals surface area (Å²) in [4.78, 5) is 2.45. The van der Waals surface area contributed by atoms with Gasteiger partial charge in [0.25, 0.3) is 0 Å². The minimum atomic E-state index is 0.382. The summed E-state index contributed by atoms with van der Waals surface area (Å²) in [6.45, 7) is 7.65. The zero-order chi connectivity index (χ0) is 13.7. The lowest BCUT2D eigenvalue weighted by Gasteiger charge is -2.22. The van der Waals surface area contributed by atoms with Crippen LogP contribution in [0.4, 0.5) is 5.69 Å². The van der Waals surface area contributed by atoms with Crippen molar-refractivity contribution in [2.24, 2.45) is 5.73 Å². The Morgan fingerprint density at radius 3 is 2.58 bits per heavy atom. The molecule has 0 saturated heterocycles. The highest BCUT2D eigenvalue weighted by atomic mass is 15.1. The van der Waals surface area contributed by atoms with Crippen molar-refractivity contribution in [3.63, 3.8) is 0 Å². The molecular formula is C16H27N3. The summed E-state index contributed by atoms with van der Waals surface area (Å²) in [5.41, 5.74) is 8.67. The van der Waals surface area contributed by atoms with Crippen molar-refractivity contribution in [2.45, 2.75) is 51.7 Å². The molecular weight excluding hydrogens is 234 g/mol. The molecule has 2 atom stereocenters. The van der Waals surface area contributed by atoms with Crippen LogP contribution in [0.25, 0.3) is 0 Å². The SMILES string of the molecule is CCN(CC)Cc1ccccc1NC1CCC(N)C1. The summed E-state index contributed by atoms with van der Waals surface area (Å²) in [6, 6.07) is 9.60. The van der Waals surface area contributed by atoms with Gasteiger partial charge in [0, 0.05) is 24.3 Å². The highest BCUT2D eigenvalue weighted by molar-refractivity contribution is 5.52. The van der Waals surface area contributed by atoms with Gasteiger partial charge in [0.1, 0.15) is 0 Å². The average molecular weight is 261 g/mol. The zero-order valence-electron chi connectivity index (χ0n) is 12.2. The number of hydrogen-bond donors (Lipinski definition) is 2. The van der Waals surface area contributed by atoms with E-state index < -0.39 is 0 Å². The molecule has 0 spiro atoms. The molecule has 2 unspecified atom stereocenters. The van der Waals surface area contributed by atoms with Crippen molar-refractivity contribution in [2.75, 3.05) is 18.4 Å². The topological polar surface area (TPSA) is 41.3 Å². The number of rotatable bonds is 6. The van der Waals surface area contributed by atoms with E-state index in [1.807, 2.05) is 0 Å². The highest BCUT2D eigenvalue weighted by Gasteiger charge is 2.22. The second kappa shape index (κ2) is 6.92. The molecule has 1 aromatic carbocycles. The lowest BCUT2D eigenvalue weighted by atomic mass is 10.1. The maximum atomic E-state index is 5.99. The number of para-hydroxylation sites is 1. The normalized spacial score (nSPS) is 22.9. The van der Waals surface area contributed by atoms with Crippen LogP contribution in [0, 0.1) is 0 Å². The third-order valence-corrected chi connectivity index (χ3v) is 4.14. The monoisotopic (exact) mass is 261 g/mol. The summed E-state index contributed by atoms with van der Waals surface area (Å²) in [5.74, 6) is 0. The second-order valence-electron chi connectivity index (χ2n) is 5.53. The molecule has 0 heterocycles. The Hall–Kier alpha value is -1.06. The van der Waals surface area contributed by atoms with Gasteiger partial charge < -0.3 is 11.1 Å². The Bertz CT molecular complexity index is 387. The van der Waals surface area contributed by atoms with E-state index in [0.29, 0.717) is 12.1 Å². The van der Waals surface area contributed by atoms with E-state index in [2.05, 4.69) is 48.3 Å². The van der Waals surface area contributed by atoms with Crippen LogP contribution in [-0.4, -0.2) is 30.1 Å². The Morgan fingerprint density at radius 1 is 1.21 bits per heavy atom. The number of benzene rings is 1. The number of nitrogens with zero attached hydrogens (tertiary/aromatic N) is 1. The number of nitrogens with one attached hydrogen (secondary N) is 1. The molecule has 0 aromatic heterocycles. The Morgan fingerprint density at radius 2 is 1.95 bits per heavy atom. The lowest BCUT2D eigenvalue weighted by molar-refractivity contribution is 0.296. The van der Waals surface area contributed by atoms with Gasteiger partial charge in [0.15, 0.2) is 0 Å². The molecule has 1 aromatic rings. The number of nitrogens with two attached hydrogens (primary N) is 1. The van der Waals surface area contributed by atoms with Crippen LogP contribution in [-0.2, 0) is 6.54 Å². The van der Waals surface area contributed by atoms with Crippen LogP contribution in [0.2, 0.25) is 0 Å². The zero-order valence-corrected chi connectivity index (χ0v) is 12.2. The van der Waals surface area contributed by atoms with E-state index in [9.17, 15) is 0 Å². The molecule has 0 amide bonds. The van der Waals surface area contributed by atoms with E-state index in [0.717, 1.165) is 32.5 Å². The van der Waals surface area contributed by atoms with Crippen molar-refractivity contribution >= 4 is 5.69 Å². The minimum absolute atomic E-state index is 0.382. The Balaban J connectivity index is 2.03. The molecule has 1 fully saturated rings. The fourth-order valence-corrected chi connectivity index (χ4v) is 2.85. The fraction of sp³-hybridized carbons (Fsp3) is 0.625. The lowest BCUT2D eigenvalue weighted by Crippen LogP contribution is -2.24. The molecule has 3 heteroatoms. The third-order valence-electron chi connectivity index (χ3n) is 4.14. The summed E-state index contributed by atoms with van der Waals surface area (Å²) in [7, 11) is 0. The van der Waals surface area contributed by atoms with Gasteiger partial charge >= 0.3 is 0 Å². The molecule has 0 aliphatic heterocycles. The maximum absolute atomic E-state index is 5.99. The average Bonchev–Trinajstić information content (AvgIpc) is 2.83. The van der Waals surface area contributed by atoms with Crippen molar-refractivity contribution in [3.05, 3.63) is 29.8 Å². The summed E-state index contributed by atoms with van der Waals surface area (Å²) in [5, 5.41) is 3.69. The van der Waals surface area contributed by atoms with Crippen molar-refractivity contribution in [3.8, 4) is 0 Å². The van der Waals surface area contributed by atoms with E-state index in [4.69, 9.17) is 5.73 Å². The smallest absolute Gasteiger partial charge is 0.0388 e. The van der Waals surface area contributed by atoms with Crippen LogP contribution in [0.1, 0.15) is 38.7 Å². The molecule has 106 valence electrons. The van der Waals surface area contributed by atoms with Crippen LogP contribution in [0.5, 0.6) is 0 Å². The van der Waals surface area contributed by atoms with Gasteiger partial charge in [0.2, 0.25) is 0 Å². The summed E-state index contributed by atoms with van der Waals surface area (Å²) >= 11 is 0. The van der Waals surface area contributed by atoms with Crippen LogP contribution in [0.3, 0.4) is 0 Å². The third kappa shape index (κ3) is 3.95. The van der Waals surface area contributed by atoms with Crippen LogP contribution < -0.4 is 11.1 Å². The number of hydrogen-bond acceptors (Lipinski definition) is 3. The van der Waals surface area contributed by atoms with Gasteiger partial charge in [-0.3, -0.25) is 4.90 Å². The van der Waals surface area contributed by atoms with E-state index >= 15 is 0 Å². The molecule has 3 N–H and O–H groups in total. The van der Waals surface area contributed by atoms with Gasteiger partial charge in [-0.25, -0.2) is 0 Å². The maximum Gasteiger partial charge on any atom is 0.0388 e. The van der Waals surface area contributed by atoms with E-state index in [1.165, 1.54) is 17.7 Å². The van der Waals surface area contributed by atoms with Gasteiger partial charge in [0.05, 0.1) is 0 Å². The summed E-state index contributed by atoms with van der Waals surface area (Å²) < 4.78 is 0. The van der Waals surface area contributed by atoms with Gasteiger partial charge in [-0.2, -0.15) is 0 Å². The molecule has 1 aliphatic carbocycles. The van der Waals surface area contributed by atoms with Gasteiger partial charge in [-0.05, 0) is 44.0 Å². The standard InChI is InChI=1S/C16H27N3/c1-3-19(4-2)12-13-7-5-6-8-16(13)18-15-10-9-14(17)11-15/h5-8,14-15,18H,3-4,9-12,17H2,1-2H3. The molecule has 2 rings (SSSR count). The first-order valence-electron chi connectivity index (χ1n) is 7.55. The molecule has 0 radical (unpaired) electrons. The Labute approximate surface area is 117 Å². The Kier molecular flexibility index (Phi) is 5.23. The molecule has 0 bridgehead atoms. The van der Waals surface area contributed by atoms with Gasteiger partial charge in [-0.15, -0.1) is 0 Å². The predicted octanol–water partition coefficient (Wildman–Crippen LogP) is 2.82. The largest absolute Gasteiger partial charge is 0.382 e. The minimum Gasteiger partial charge on any atom is -0.382 e. The molecule has 19 heavy (non-hydrogen) atoms. The quantitative estimate of drug-likeness (QED) is 0.827. The van der Waals surface area contributed by atoms with Crippen LogP contribution in [0.15, 0.2) is 24.3 Å². The first kappa shape index (κ1) is 14.4. The van der Waals surface area contributed by atoms with E-state index in [1.54, 1.807) is 0 Å². The van der Waals surface area contributed by atoms with E-state index in [-0.39, 0.29) is 0 Å². The van der Waals surface area contributed by atoms with Crippen molar-refractivity contribution < 1.29 is 0 Å².